The Balaban J connectivity index is 4.37. The predicted molar refractivity (Wildman–Crippen MR) is 208 cm³/mol. The van der Waals surface area contributed by atoms with E-state index in [1.807, 2.05) is 0 Å². The van der Waals surface area contributed by atoms with E-state index in [4.69, 9.17) is 24.8 Å². The van der Waals surface area contributed by atoms with E-state index >= 15 is 0 Å². The number of carbonyl (C=O) groups is 3. The largest absolute Gasteiger partial charge is 0.480 e. The highest BCUT2D eigenvalue weighted by molar-refractivity contribution is 7.47. The first kappa shape index (κ1) is 50.2. The number of carbonyl (C=O) groups excluding carboxylic acids is 2. The fraction of sp³-hybridized carbons (Fsp3) is 0.875. The van der Waals surface area contributed by atoms with E-state index < -0.39 is 51.1 Å². The second-order valence-electron chi connectivity index (χ2n) is 14.1. The third-order valence-corrected chi connectivity index (χ3v) is 9.96. The van der Waals surface area contributed by atoms with Crippen molar-refractivity contribution in [3.63, 3.8) is 0 Å². The number of allylic oxidation sites excluding steroid dienone is 2. The Morgan fingerprint density at radius 3 is 1.42 bits per heavy atom. The van der Waals surface area contributed by atoms with Crippen molar-refractivity contribution in [3.8, 4) is 0 Å². The highest BCUT2D eigenvalue weighted by atomic mass is 31.2. The lowest BCUT2D eigenvalue weighted by Crippen LogP contribution is -2.34. The summed E-state index contributed by atoms with van der Waals surface area (Å²) in [6.07, 6.45) is 34.1. The number of hydrogen-bond donors (Lipinski definition) is 3. The highest BCUT2D eigenvalue weighted by Gasteiger charge is 2.28. The molecule has 0 heterocycles. The molecule has 52 heavy (non-hydrogen) atoms. The summed E-state index contributed by atoms with van der Waals surface area (Å²) in [5, 5.41) is 8.87. The molecule has 4 N–H and O–H groups in total. The lowest BCUT2D eigenvalue weighted by atomic mass is 10.0. The molecule has 3 atom stereocenters. The maximum absolute atomic E-state index is 12.6. The molecule has 11 nitrogen and oxygen atoms in total. The van der Waals surface area contributed by atoms with E-state index in [-0.39, 0.29) is 19.4 Å². The van der Waals surface area contributed by atoms with Crippen molar-refractivity contribution in [2.45, 2.75) is 206 Å². The third kappa shape index (κ3) is 35.3. The Hall–Kier alpha value is -1.78. The molecule has 0 radical (unpaired) electrons. The number of hydrogen-bond acceptors (Lipinski definition) is 9. The third-order valence-electron chi connectivity index (χ3n) is 9.01. The van der Waals surface area contributed by atoms with Gasteiger partial charge in [-0.15, -0.1) is 0 Å². The number of rotatable bonds is 39. The molecule has 0 aromatic heterocycles. The summed E-state index contributed by atoms with van der Waals surface area (Å²) < 4.78 is 32.6. The van der Waals surface area contributed by atoms with Crippen molar-refractivity contribution in [1.29, 1.82) is 0 Å². The van der Waals surface area contributed by atoms with Gasteiger partial charge in [-0.25, -0.2) is 4.57 Å². The fourth-order valence-corrected chi connectivity index (χ4v) is 6.48. The molecule has 306 valence electrons. The number of ether oxygens (including phenoxy) is 2. The Bertz CT molecular complexity index is 947. The van der Waals surface area contributed by atoms with Gasteiger partial charge in [0.05, 0.1) is 13.2 Å². The van der Waals surface area contributed by atoms with Crippen molar-refractivity contribution in [1.82, 2.24) is 0 Å². The molecular formula is C40H76NO10P. The molecule has 0 rings (SSSR count). The molecule has 0 saturated heterocycles. The molecule has 0 bridgehead atoms. The van der Waals surface area contributed by atoms with Crippen LogP contribution >= 0.6 is 7.82 Å². The van der Waals surface area contributed by atoms with E-state index in [2.05, 4.69) is 30.5 Å². The van der Waals surface area contributed by atoms with Crippen LogP contribution in [0.3, 0.4) is 0 Å². The molecule has 0 fully saturated rings. The summed E-state index contributed by atoms with van der Waals surface area (Å²) in [5.74, 6) is -2.37. The zero-order chi connectivity index (χ0) is 38.5. The van der Waals surface area contributed by atoms with Gasteiger partial charge in [0.25, 0.3) is 0 Å². The van der Waals surface area contributed by atoms with E-state index in [1.54, 1.807) is 0 Å². The van der Waals surface area contributed by atoms with E-state index in [0.29, 0.717) is 12.8 Å². The van der Waals surface area contributed by atoms with Crippen LogP contribution in [-0.2, 0) is 37.5 Å². The quantitative estimate of drug-likeness (QED) is 0.0235. The first-order chi connectivity index (χ1) is 25.1. The minimum atomic E-state index is -4.71. The molecule has 0 aliphatic rings. The van der Waals surface area contributed by atoms with Crippen LogP contribution in [0.15, 0.2) is 12.2 Å². The smallest absolute Gasteiger partial charge is 0.472 e. The maximum Gasteiger partial charge on any atom is 0.472 e. The van der Waals surface area contributed by atoms with Crippen molar-refractivity contribution < 1.29 is 47.5 Å². The van der Waals surface area contributed by atoms with Gasteiger partial charge < -0.3 is 25.2 Å². The van der Waals surface area contributed by atoms with Crippen LogP contribution in [0.5, 0.6) is 0 Å². The highest BCUT2D eigenvalue weighted by Crippen LogP contribution is 2.43. The first-order valence-electron chi connectivity index (χ1n) is 20.7. The number of phosphoric acid groups is 1. The van der Waals surface area contributed by atoms with Crippen LogP contribution in [0.4, 0.5) is 0 Å². The maximum atomic E-state index is 12.6. The van der Waals surface area contributed by atoms with Crippen LogP contribution in [0.1, 0.15) is 194 Å². The number of unbranched alkanes of at least 4 members (excludes halogenated alkanes) is 23. The summed E-state index contributed by atoms with van der Waals surface area (Å²) in [5.41, 5.74) is 5.32. The first-order valence-corrected chi connectivity index (χ1v) is 22.2. The lowest BCUT2D eigenvalue weighted by molar-refractivity contribution is -0.161. The van der Waals surface area contributed by atoms with Gasteiger partial charge in [-0.05, 0) is 38.5 Å². The number of nitrogens with two attached hydrogens (primary N) is 1. The predicted octanol–water partition coefficient (Wildman–Crippen LogP) is 10.5. The minimum absolute atomic E-state index is 0.165. The number of aliphatic carboxylic acids is 1. The molecule has 0 aromatic carbocycles. The average molecular weight is 762 g/mol. The standard InChI is InChI=1S/C40H76NO10P/c1-3-5-7-9-11-13-15-17-18-20-21-23-25-27-29-31-38(42)48-33-36(34-49-52(46,47)50-35-37(41)40(44)45)51-39(43)32-30-28-26-24-22-19-16-14-12-10-8-6-4-2/h13,15,36-37H,3-12,14,16-35,41H2,1-2H3,(H,44,45)(H,46,47). The summed E-state index contributed by atoms with van der Waals surface area (Å²) in [4.78, 5) is 45.8. The second-order valence-corrected chi connectivity index (χ2v) is 15.6. The van der Waals surface area contributed by atoms with Crippen molar-refractivity contribution in [2.24, 2.45) is 5.73 Å². The summed E-state index contributed by atoms with van der Waals surface area (Å²) >= 11 is 0. The van der Waals surface area contributed by atoms with Crippen LogP contribution in [0.2, 0.25) is 0 Å². The topological polar surface area (TPSA) is 172 Å². The van der Waals surface area contributed by atoms with Crippen molar-refractivity contribution >= 4 is 25.7 Å². The Labute approximate surface area is 316 Å². The van der Waals surface area contributed by atoms with Gasteiger partial charge in [0, 0.05) is 12.8 Å². The van der Waals surface area contributed by atoms with Gasteiger partial charge in [-0.3, -0.25) is 23.4 Å². The Morgan fingerprint density at radius 1 is 0.577 bits per heavy atom. The van der Waals surface area contributed by atoms with Crippen LogP contribution in [-0.4, -0.2) is 59.9 Å². The number of carboxylic acids is 1. The molecule has 0 aromatic rings. The molecule has 3 unspecified atom stereocenters. The minimum Gasteiger partial charge on any atom is -0.480 e. The molecule has 0 amide bonds. The summed E-state index contributed by atoms with van der Waals surface area (Å²) in [7, 11) is -4.71. The SMILES string of the molecule is CCCCCCC=CCCCCCCCCCC(=O)OCC(COP(=O)(O)OCC(N)C(=O)O)OC(=O)CCCCCCCCCCCCCCC. The molecule has 0 aliphatic heterocycles. The molecule has 0 saturated carbocycles. The lowest BCUT2D eigenvalue weighted by Gasteiger charge is -2.20. The van der Waals surface area contributed by atoms with Crippen molar-refractivity contribution in [2.75, 3.05) is 19.8 Å². The Morgan fingerprint density at radius 2 is 0.962 bits per heavy atom. The monoisotopic (exact) mass is 762 g/mol. The fourth-order valence-electron chi connectivity index (χ4n) is 5.71. The Kier molecular flexibility index (Phi) is 35.0. The molecule has 0 spiro atoms. The number of esters is 2. The molecule has 0 aliphatic carbocycles. The normalized spacial score (nSPS) is 13.9. The zero-order valence-electron chi connectivity index (χ0n) is 32.9. The number of carboxylic acid groups (broad SMARTS) is 1. The van der Waals surface area contributed by atoms with Gasteiger partial charge in [-0.1, -0.05) is 154 Å². The summed E-state index contributed by atoms with van der Waals surface area (Å²) in [6, 6.07) is -1.52. The van der Waals surface area contributed by atoms with E-state index in [9.17, 15) is 23.8 Å². The summed E-state index contributed by atoms with van der Waals surface area (Å²) in [6.45, 7) is 2.79. The van der Waals surface area contributed by atoms with E-state index in [1.165, 1.54) is 109 Å². The number of phosphoric ester groups is 1. The van der Waals surface area contributed by atoms with Crippen LogP contribution in [0, 0.1) is 0 Å². The second kappa shape index (κ2) is 36.2. The zero-order valence-corrected chi connectivity index (χ0v) is 33.8. The van der Waals surface area contributed by atoms with Crippen LogP contribution in [0.25, 0.3) is 0 Å². The molecule has 12 heteroatoms. The van der Waals surface area contributed by atoms with Crippen molar-refractivity contribution in [3.05, 3.63) is 12.2 Å². The average Bonchev–Trinajstić information content (AvgIpc) is 3.12. The van der Waals surface area contributed by atoms with Gasteiger partial charge in [0.1, 0.15) is 12.6 Å². The van der Waals surface area contributed by atoms with Gasteiger partial charge >= 0.3 is 25.7 Å². The van der Waals surface area contributed by atoms with Gasteiger partial charge in [0.2, 0.25) is 0 Å². The molecular weight excluding hydrogens is 685 g/mol. The van der Waals surface area contributed by atoms with Crippen LogP contribution < -0.4 is 5.73 Å². The van der Waals surface area contributed by atoms with Gasteiger partial charge in [-0.2, -0.15) is 0 Å². The van der Waals surface area contributed by atoms with E-state index in [0.717, 1.165) is 44.9 Å². The van der Waals surface area contributed by atoms with Gasteiger partial charge in [0.15, 0.2) is 6.10 Å².